The summed E-state index contributed by atoms with van der Waals surface area (Å²) in [7, 11) is 0. The molecule has 1 unspecified atom stereocenters. The molecule has 2 amide bonds. The minimum atomic E-state index is -1.03. The van der Waals surface area contributed by atoms with E-state index >= 15 is 0 Å². The van der Waals surface area contributed by atoms with Crippen LogP contribution in [0.1, 0.15) is 37.0 Å². The van der Waals surface area contributed by atoms with Crippen LogP contribution >= 0.6 is 15.9 Å². The molecular weight excluding hydrogens is 336 g/mol. The van der Waals surface area contributed by atoms with Gasteiger partial charge in [-0.25, -0.2) is 9.59 Å². The summed E-state index contributed by atoms with van der Waals surface area (Å²) in [6, 6.07) is 4.87. The first kappa shape index (κ1) is 15.8. The van der Waals surface area contributed by atoms with Crippen LogP contribution in [0.4, 0.5) is 10.5 Å². The first-order valence-corrected chi connectivity index (χ1v) is 7.80. The molecule has 0 saturated carbocycles. The molecule has 1 saturated heterocycles. The van der Waals surface area contributed by atoms with Crippen molar-refractivity contribution in [1.82, 2.24) is 4.90 Å². The zero-order chi connectivity index (χ0) is 15.6. The summed E-state index contributed by atoms with van der Waals surface area (Å²) >= 11 is 3.19. The molecule has 21 heavy (non-hydrogen) atoms. The van der Waals surface area contributed by atoms with Crippen LogP contribution in [-0.2, 0) is 0 Å². The molecule has 1 aliphatic rings. The smallest absolute Gasteiger partial charge is 0.336 e. The summed E-state index contributed by atoms with van der Waals surface area (Å²) in [4.78, 5) is 25.3. The van der Waals surface area contributed by atoms with Crippen molar-refractivity contribution in [3.63, 3.8) is 0 Å². The number of carbonyl (C=O) groups excluding carboxylic acids is 1. The fourth-order valence-corrected chi connectivity index (χ4v) is 3.12. The van der Waals surface area contributed by atoms with E-state index in [1.165, 1.54) is 6.07 Å². The summed E-state index contributed by atoms with van der Waals surface area (Å²) in [6.45, 7) is 4.97. The minimum Gasteiger partial charge on any atom is -0.478 e. The van der Waals surface area contributed by atoms with Gasteiger partial charge in [-0.1, -0.05) is 13.8 Å². The molecule has 2 rings (SSSR count). The lowest BCUT2D eigenvalue weighted by molar-refractivity contribution is 0.0696. The number of urea groups is 1. The van der Waals surface area contributed by atoms with Crippen molar-refractivity contribution in [2.24, 2.45) is 5.92 Å². The van der Waals surface area contributed by atoms with Crippen molar-refractivity contribution in [2.45, 2.75) is 32.7 Å². The molecule has 114 valence electrons. The molecule has 1 fully saturated rings. The third-order valence-electron chi connectivity index (χ3n) is 3.78. The van der Waals surface area contributed by atoms with Gasteiger partial charge in [0.2, 0.25) is 0 Å². The van der Waals surface area contributed by atoms with Crippen LogP contribution < -0.4 is 5.32 Å². The Morgan fingerprint density at radius 1 is 1.43 bits per heavy atom. The molecule has 5 nitrogen and oxygen atoms in total. The van der Waals surface area contributed by atoms with Gasteiger partial charge >= 0.3 is 12.0 Å². The molecule has 0 bridgehead atoms. The number of carboxylic acid groups (broad SMARTS) is 1. The highest BCUT2D eigenvalue weighted by Crippen LogP contribution is 2.26. The minimum absolute atomic E-state index is 0.134. The predicted octanol–water partition coefficient (Wildman–Crippen LogP) is 3.80. The van der Waals surface area contributed by atoms with E-state index in [2.05, 4.69) is 35.1 Å². The van der Waals surface area contributed by atoms with Crippen LogP contribution in [0.5, 0.6) is 0 Å². The quantitative estimate of drug-likeness (QED) is 0.867. The van der Waals surface area contributed by atoms with Gasteiger partial charge in [-0.05, 0) is 52.9 Å². The Morgan fingerprint density at radius 2 is 2.14 bits per heavy atom. The SMILES string of the molecule is CC(C)C1CCCN1C(=O)Nc1ccc(Br)c(C(=O)O)c1. The van der Waals surface area contributed by atoms with E-state index in [1.807, 2.05) is 4.90 Å². The molecule has 1 aromatic carbocycles. The summed E-state index contributed by atoms with van der Waals surface area (Å²) < 4.78 is 0.495. The number of hydrogen-bond acceptors (Lipinski definition) is 2. The van der Waals surface area contributed by atoms with E-state index < -0.39 is 5.97 Å². The van der Waals surface area contributed by atoms with Crippen molar-refractivity contribution in [2.75, 3.05) is 11.9 Å². The van der Waals surface area contributed by atoms with Crippen molar-refractivity contribution in [1.29, 1.82) is 0 Å². The maximum atomic E-state index is 12.4. The molecular formula is C15H19BrN2O3. The van der Waals surface area contributed by atoms with E-state index in [9.17, 15) is 9.59 Å². The number of likely N-dealkylation sites (tertiary alicyclic amines) is 1. The lowest BCUT2D eigenvalue weighted by Crippen LogP contribution is -2.41. The van der Waals surface area contributed by atoms with Gasteiger partial charge in [0.1, 0.15) is 0 Å². The fraction of sp³-hybridized carbons (Fsp3) is 0.467. The Balaban J connectivity index is 2.13. The Morgan fingerprint density at radius 3 is 2.76 bits per heavy atom. The normalized spacial score (nSPS) is 18.1. The Hall–Kier alpha value is -1.56. The largest absolute Gasteiger partial charge is 0.478 e. The van der Waals surface area contributed by atoms with Gasteiger partial charge in [-0.3, -0.25) is 0 Å². The second-order valence-corrected chi connectivity index (χ2v) is 6.43. The average molecular weight is 355 g/mol. The van der Waals surface area contributed by atoms with Crippen LogP contribution in [0.3, 0.4) is 0 Å². The fourth-order valence-electron chi connectivity index (χ4n) is 2.70. The Kier molecular flexibility index (Phi) is 4.88. The first-order chi connectivity index (χ1) is 9.90. The first-order valence-electron chi connectivity index (χ1n) is 7.00. The van der Waals surface area contributed by atoms with Gasteiger partial charge in [-0.15, -0.1) is 0 Å². The highest BCUT2D eigenvalue weighted by atomic mass is 79.9. The van der Waals surface area contributed by atoms with E-state index in [-0.39, 0.29) is 17.6 Å². The molecule has 1 atom stereocenters. The molecule has 0 spiro atoms. The maximum absolute atomic E-state index is 12.4. The number of rotatable bonds is 3. The third-order valence-corrected chi connectivity index (χ3v) is 4.47. The third kappa shape index (κ3) is 3.56. The Bertz CT molecular complexity index is 560. The van der Waals surface area contributed by atoms with Gasteiger partial charge in [0.25, 0.3) is 0 Å². The summed E-state index contributed by atoms with van der Waals surface area (Å²) in [6.07, 6.45) is 2.03. The summed E-state index contributed by atoms with van der Waals surface area (Å²) in [5.74, 6) is -0.614. The van der Waals surface area contributed by atoms with Crippen LogP contribution in [0.25, 0.3) is 0 Å². The van der Waals surface area contributed by atoms with Crippen LogP contribution in [0.15, 0.2) is 22.7 Å². The standard InChI is InChI=1S/C15H19BrN2O3/c1-9(2)13-4-3-7-18(13)15(21)17-10-5-6-12(16)11(8-10)14(19)20/h5-6,8-9,13H,3-4,7H2,1-2H3,(H,17,21)(H,19,20). The van der Waals surface area contributed by atoms with Gasteiger partial charge in [0, 0.05) is 22.7 Å². The maximum Gasteiger partial charge on any atom is 0.336 e. The van der Waals surface area contributed by atoms with E-state index in [1.54, 1.807) is 12.1 Å². The summed E-state index contributed by atoms with van der Waals surface area (Å²) in [5, 5.41) is 11.9. The van der Waals surface area contributed by atoms with Crippen molar-refractivity contribution < 1.29 is 14.7 Å². The molecule has 6 heteroatoms. The number of carboxylic acids is 1. The number of amides is 2. The zero-order valence-corrected chi connectivity index (χ0v) is 13.7. The molecule has 0 aliphatic carbocycles. The zero-order valence-electron chi connectivity index (χ0n) is 12.1. The van der Waals surface area contributed by atoms with Crippen molar-refractivity contribution in [3.05, 3.63) is 28.2 Å². The van der Waals surface area contributed by atoms with E-state index in [4.69, 9.17) is 5.11 Å². The number of carbonyl (C=O) groups is 2. The van der Waals surface area contributed by atoms with Gasteiger partial charge in [0.05, 0.1) is 5.56 Å². The molecule has 0 radical (unpaired) electrons. The topological polar surface area (TPSA) is 69.6 Å². The highest BCUT2D eigenvalue weighted by Gasteiger charge is 2.30. The average Bonchev–Trinajstić information content (AvgIpc) is 2.90. The van der Waals surface area contributed by atoms with E-state index in [0.29, 0.717) is 16.1 Å². The second-order valence-electron chi connectivity index (χ2n) is 5.58. The predicted molar refractivity (Wildman–Crippen MR) is 84.7 cm³/mol. The number of benzene rings is 1. The molecule has 1 aliphatic heterocycles. The van der Waals surface area contributed by atoms with Gasteiger partial charge < -0.3 is 15.3 Å². The van der Waals surface area contributed by atoms with Crippen LogP contribution in [-0.4, -0.2) is 34.6 Å². The van der Waals surface area contributed by atoms with Crippen molar-refractivity contribution >= 4 is 33.6 Å². The molecule has 1 heterocycles. The highest BCUT2D eigenvalue weighted by molar-refractivity contribution is 9.10. The molecule has 0 aromatic heterocycles. The number of nitrogens with zero attached hydrogens (tertiary/aromatic N) is 1. The lowest BCUT2D eigenvalue weighted by atomic mass is 10.0. The number of anilines is 1. The second kappa shape index (κ2) is 6.47. The lowest BCUT2D eigenvalue weighted by Gasteiger charge is -2.27. The van der Waals surface area contributed by atoms with Crippen LogP contribution in [0.2, 0.25) is 0 Å². The van der Waals surface area contributed by atoms with Gasteiger partial charge in [0.15, 0.2) is 0 Å². The number of nitrogens with one attached hydrogen (secondary N) is 1. The Labute approximate surface area is 132 Å². The van der Waals surface area contributed by atoms with Crippen LogP contribution in [0, 0.1) is 5.92 Å². The number of aromatic carboxylic acids is 1. The number of halogens is 1. The van der Waals surface area contributed by atoms with Gasteiger partial charge in [-0.2, -0.15) is 0 Å². The monoisotopic (exact) mass is 354 g/mol. The van der Waals surface area contributed by atoms with Crippen molar-refractivity contribution in [3.8, 4) is 0 Å². The summed E-state index contributed by atoms with van der Waals surface area (Å²) in [5.41, 5.74) is 0.629. The van der Waals surface area contributed by atoms with E-state index in [0.717, 1.165) is 19.4 Å². The number of hydrogen-bond donors (Lipinski definition) is 2. The molecule has 1 aromatic rings. The molecule has 2 N–H and O–H groups in total.